The number of carbonyl (C=O) groups excluding carboxylic acids is 2. The van der Waals surface area contributed by atoms with Crippen LogP contribution in [0.3, 0.4) is 0 Å². The lowest BCUT2D eigenvalue weighted by atomic mass is 10.0. The van der Waals surface area contributed by atoms with E-state index in [-0.39, 0.29) is 5.78 Å². The number of carbonyl (C=O) groups is 2. The summed E-state index contributed by atoms with van der Waals surface area (Å²) in [7, 11) is 2.84. The summed E-state index contributed by atoms with van der Waals surface area (Å²) in [6.07, 6.45) is -0.524. The molecule has 1 atom stereocenters. The Morgan fingerprint density at radius 2 is 1.81 bits per heavy atom. The maximum absolute atomic E-state index is 11.6. The average molecular weight is 221 g/mol. The van der Waals surface area contributed by atoms with Crippen LogP contribution in [-0.4, -0.2) is 30.9 Å². The molecule has 0 saturated carbocycles. The minimum atomic E-state index is -0.589. The van der Waals surface area contributed by atoms with Crippen LogP contribution in [0.1, 0.15) is 18.5 Å². The summed E-state index contributed by atoms with van der Waals surface area (Å²) in [6.45, 7) is 1.46. The minimum absolute atomic E-state index is 0.0981. The molecule has 4 nitrogen and oxygen atoms in total. The molecule has 0 aliphatic heterocycles. The first kappa shape index (κ1) is 12.2. The SMILES string of the molecule is COC(=O)N(C)C(C(C)=O)c1ccccc1. The lowest BCUT2D eigenvalue weighted by Crippen LogP contribution is -2.34. The summed E-state index contributed by atoms with van der Waals surface area (Å²) in [4.78, 5) is 24.2. The number of ketones is 1. The topological polar surface area (TPSA) is 46.6 Å². The van der Waals surface area contributed by atoms with Crippen LogP contribution in [0.5, 0.6) is 0 Å². The third kappa shape index (κ3) is 2.59. The van der Waals surface area contributed by atoms with Gasteiger partial charge in [0, 0.05) is 7.05 Å². The van der Waals surface area contributed by atoms with Crippen molar-refractivity contribution >= 4 is 11.9 Å². The fourth-order valence-electron chi connectivity index (χ4n) is 1.62. The van der Waals surface area contributed by atoms with Crippen LogP contribution in [0, 0.1) is 0 Å². The first-order valence-electron chi connectivity index (χ1n) is 4.94. The van der Waals surface area contributed by atoms with Gasteiger partial charge in [0.05, 0.1) is 7.11 Å². The molecule has 4 heteroatoms. The Labute approximate surface area is 94.8 Å². The number of amides is 1. The van der Waals surface area contributed by atoms with E-state index in [1.54, 1.807) is 7.05 Å². The molecule has 1 aromatic rings. The van der Waals surface area contributed by atoms with Gasteiger partial charge in [-0.3, -0.25) is 9.69 Å². The number of hydrogen-bond donors (Lipinski definition) is 0. The Kier molecular flexibility index (Phi) is 4.05. The molecule has 0 saturated heterocycles. The zero-order valence-electron chi connectivity index (χ0n) is 9.64. The average Bonchev–Trinajstić information content (AvgIpc) is 2.29. The van der Waals surface area contributed by atoms with Gasteiger partial charge in [-0.25, -0.2) is 4.79 Å². The van der Waals surface area contributed by atoms with E-state index < -0.39 is 12.1 Å². The Morgan fingerprint density at radius 1 is 1.25 bits per heavy atom. The highest BCUT2D eigenvalue weighted by Gasteiger charge is 2.25. The summed E-state index contributed by atoms with van der Waals surface area (Å²) < 4.78 is 4.60. The molecular weight excluding hydrogens is 206 g/mol. The third-order valence-corrected chi connectivity index (χ3v) is 2.35. The molecule has 0 bridgehead atoms. The Hall–Kier alpha value is -1.84. The molecule has 0 aliphatic rings. The normalized spacial score (nSPS) is 11.7. The highest BCUT2D eigenvalue weighted by molar-refractivity contribution is 5.86. The van der Waals surface area contributed by atoms with Gasteiger partial charge < -0.3 is 4.74 Å². The number of rotatable bonds is 3. The van der Waals surface area contributed by atoms with E-state index >= 15 is 0 Å². The van der Waals surface area contributed by atoms with E-state index in [0.717, 1.165) is 5.56 Å². The van der Waals surface area contributed by atoms with Crippen molar-refractivity contribution in [2.45, 2.75) is 13.0 Å². The molecule has 0 spiro atoms. The first-order chi connectivity index (χ1) is 7.57. The summed E-state index contributed by atoms with van der Waals surface area (Å²) in [5.74, 6) is -0.0981. The predicted molar refractivity (Wildman–Crippen MR) is 60.0 cm³/mol. The van der Waals surface area contributed by atoms with Crippen molar-refractivity contribution in [3.63, 3.8) is 0 Å². The quantitative estimate of drug-likeness (QED) is 0.784. The molecule has 1 rings (SSSR count). The molecule has 0 fully saturated rings. The van der Waals surface area contributed by atoms with Crippen molar-refractivity contribution in [2.75, 3.05) is 14.2 Å². The molecular formula is C12H15NO3. The molecule has 0 N–H and O–H groups in total. The number of benzene rings is 1. The number of likely N-dealkylation sites (N-methyl/N-ethyl adjacent to an activating group) is 1. The van der Waals surface area contributed by atoms with Gasteiger partial charge in [0.15, 0.2) is 5.78 Å². The maximum Gasteiger partial charge on any atom is 0.410 e. The minimum Gasteiger partial charge on any atom is -0.453 e. The van der Waals surface area contributed by atoms with Gasteiger partial charge in [0.2, 0.25) is 0 Å². The molecule has 0 aromatic heterocycles. The molecule has 0 radical (unpaired) electrons. The molecule has 1 unspecified atom stereocenters. The van der Waals surface area contributed by atoms with Crippen LogP contribution >= 0.6 is 0 Å². The zero-order valence-corrected chi connectivity index (χ0v) is 9.64. The van der Waals surface area contributed by atoms with Crippen LogP contribution in [0.25, 0.3) is 0 Å². The van der Waals surface area contributed by atoms with E-state index in [4.69, 9.17) is 0 Å². The smallest absolute Gasteiger partial charge is 0.410 e. The lowest BCUT2D eigenvalue weighted by molar-refractivity contribution is -0.121. The van der Waals surface area contributed by atoms with Crippen molar-refractivity contribution in [3.8, 4) is 0 Å². The van der Waals surface area contributed by atoms with E-state index in [1.165, 1.54) is 18.9 Å². The molecule has 86 valence electrons. The molecule has 0 aliphatic carbocycles. The number of Topliss-reactive ketones (excluding diaryl/α,β-unsaturated/α-hetero) is 1. The van der Waals surface area contributed by atoms with Crippen molar-refractivity contribution in [1.29, 1.82) is 0 Å². The standard InChI is InChI=1S/C12H15NO3/c1-9(14)11(13(2)12(15)16-3)10-7-5-4-6-8-10/h4-8,11H,1-3H3. The van der Waals surface area contributed by atoms with E-state index in [9.17, 15) is 9.59 Å². The van der Waals surface area contributed by atoms with Crippen LogP contribution in [0.2, 0.25) is 0 Å². The number of hydrogen-bond acceptors (Lipinski definition) is 3. The van der Waals surface area contributed by atoms with Crippen molar-refractivity contribution < 1.29 is 14.3 Å². The van der Waals surface area contributed by atoms with Gasteiger partial charge in [-0.15, -0.1) is 0 Å². The zero-order chi connectivity index (χ0) is 12.1. The largest absolute Gasteiger partial charge is 0.453 e. The van der Waals surface area contributed by atoms with Crippen molar-refractivity contribution in [1.82, 2.24) is 4.90 Å². The van der Waals surface area contributed by atoms with Crippen molar-refractivity contribution in [3.05, 3.63) is 35.9 Å². The Balaban J connectivity index is 3.01. The lowest BCUT2D eigenvalue weighted by Gasteiger charge is -2.25. The number of nitrogens with zero attached hydrogens (tertiary/aromatic N) is 1. The van der Waals surface area contributed by atoms with Crippen LogP contribution < -0.4 is 0 Å². The number of methoxy groups -OCH3 is 1. The molecule has 16 heavy (non-hydrogen) atoms. The Morgan fingerprint density at radius 3 is 2.25 bits per heavy atom. The molecule has 1 amide bonds. The number of ether oxygens (including phenoxy) is 1. The van der Waals surface area contributed by atoms with Crippen LogP contribution in [0.4, 0.5) is 4.79 Å². The monoisotopic (exact) mass is 221 g/mol. The third-order valence-electron chi connectivity index (χ3n) is 2.35. The first-order valence-corrected chi connectivity index (χ1v) is 4.94. The fourth-order valence-corrected chi connectivity index (χ4v) is 1.62. The Bertz CT molecular complexity index is 375. The summed E-state index contributed by atoms with van der Waals surface area (Å²) >= 11 is 0. The fraction of sp³-hybridized carbons (Fsp3) is 0.333. The van der Waals surface area contributed by atoms with E-state index in [2.05, 4.69) is 4.74 Å². The molecule has 0 heterocycles. The summed E-state index contributed by atoms with van der Waals surface area (Å²) in [6, 6.07) is 8.55. The highest BCUT2D eigenvalue weighted by Crippen LogP contribution is 2.20. The van der Waals surface area contributed by atoms with Crippen LogP contribution in [0.15, 0.2) is 30.3 Å². The van der Waals surface area contributed by atoms with Gasteiger partial charge in [-0.05, 0) is 12.5 Å². The van der Waals surface area contributed by atoms with Gasteiger partial charge >= 0.3 is 6.09 Å². The second-order valence-electron chi connectivity index (χ2n) is 3.50. The van der Waals surface area contributed by atoms with Gasteiger partial charge in [-0.1, -0.05) is 30.3 Å². The van der Waals surface area contributed by atoms with E-state index in [1.807, 2.05) is 30.3 Å². The summed E-state index contributed by atoms with van der Waals surface area (Å²) in [5.41, 5.74) is 0.780. The van der Waals surface area contributed by atoms with Gasteiger partial charge in [0.25, 0.3) is 0 Å². The maximum atomic E-state index is 11.6. The molecule has 1 aromatic carbocycles. The van der Waals surface area contributed by atoms with Crippen molar-refractivity contribution in [2.24, 2.45) is 0 Å². The second-order valence-corrected chi connectivity index (χ2v) is 3.50. The second kappa shape index (κ2) is 5.30. The van der Waals surface area contributed by atoms with E-state index in [0.29, 0.717) is 0 Å². The summed E-state index contributed by atoms with van der Waals surface area (Å²) in [5, 5.41) is 0. The highest BCUT2D eigenvalue weighted by atomic mass is 16.5. The van der Waals surface area contributed by atoms with Gasteiger partial charge in [0.1, 0.15) is 6.04 Å². The van der Waals surface area contributed by atoms with Crippen LogP contribution in [-0.2, 0) is 9.53 Å². The van der Waals surface area contributed by atoms with Gasteiger partial charge in [-0.2, -0.15) is 0 Å². The predicted octanol–water partition coefficient (Wildman–Crippen LogP) is 2.01.